The average Bonchev–Trinajstić information content (AvgIpc) is 2.80. The van der Waals surface area contributed by atoms with Crippen LogP contribution in [-0.4, -0.2) is 29.5 Å². The number of nitrogens with zero attached hydrogens (tertiary/aromatic N) is 1. The molecule has 5 rings (SSSR count). The van der Waals surface area contributed by atoms with Crippen molar-refractivity contribution in [1.82, 2.24) is 4.90 Å². The summed E-state index contributed by atoms with van der Waals surface area (Å²) in [7, 11) is 0. The monoisotopic (exact) mass is 383 g/mol. The minimum Gasteiger partial charge on any atom is -0.487 e. The topological polar surface area (TPSA) is 29.5 Å². The Labute approximate surface area is 171 Å². The summed E-state index contributed by atoms with van der Waals surface area (Å²) in [6.07, 6.45) is 3.90. The Hall–Kier alpha value is -3.07. The molecule has 3 heteroatoms. The van der Waals surface area contributed by atoms with E-state index in [1.54, 1.807) is 0 Å². The molecule has 1 saturated heterocycles. The predicted octanol–water partition coefficient (Wildman–Crippen LogP) is 5.35. The van der Waals surface area contributed by atoms with Crippen molar-refractivity contribution >= 4 is 5.91 Å². The molecular weight excluding hydrogens is 358 g/mol. The van der Waals surface area contributed by atoms with E-state index in [0.29, 0.717) is 0 Å². The van der Waals surface area contributed by atoms with Crippen LogP contribution in [0.3, 0.4) is 0 Å². The van der Waals surface area contributed by atoms with Gasteiger partial charge in [0, 0.05) is 31.5 Å². The molecule has 2 aliphatic rings. The van der Waals surface area contributed by atoms with E-state index in [-0.39, 0.29) is 11.5 Å². The molecule has 2 aliphatic heterocycles. The van der Waals surface area contributed by atoms with Crippen molar-refractivity contribution in [2.75, 3.05) is 13.1 Å². The summed E-state index contributed by atoms with van der Waals surface area (Å²) in [6, 6.07) is 26.6. The molecule has 0 bridgehead atoms. The highest BCUT2D eigenvalue weighted by Crippen LogP contribution is 2.39. The first kappa shape index (κ1) is 18.0. The van der Waals surface area contributed by atoms with Gasteiger partial charge in [-0.2, -0.15) is 0 Å². The molecule has 3 nitrogen and oxygen atoms in total. The predicted molar refractivity (Wildman–Crippen MR) is 115 cm³/mol. The minimum absolute atomic E-state index is 0.109. The summed E-state index contributed by atoms with van der Waals surface area (Å²) >= 11 is 0. The fraction of sp³-hybridized carbons (Fsp3) is 0.269. The minimum atomic E-state index is -0.109. The molecule has 3 aromatic carbocycles. The van der Waals surface area contributed by atoms with E-state index in [1.165, 1.54) is 11.1 Å². The van der Waals surface area contributed by atoms with Crippen LogP contribution in [0, 0.1) is 0 Å². The number of rotatable bonds is 2. The Morgan fingerprint density at radius 1 is 0.759 bits per heavy atom. The molecule has 0 atom stereocenters. The van der Waals surface area contributed by atoms with Crippen LogP contribution in [0.2, 0.25) is 0 Å². The van der Waals surface area contributed by atoms with Gasteiger partial charge in [0.1, 0.15) is 11.4 Å². The van der Waals surface area contributed by atoms with E-state index in [1.807, 2.05) is 53.4 Å². The third-order valence-corrected chi connectivity index (χ3v) is 6.35. The summed E-state index contributed by atoms with van der Waals surface area (Å²) in [5.41, 5.74) is 4.25. The maximum Gasteiger partial charge on any atom is 0.253 e. The van der Waals surface area contributed by atoms with Crippen LogP contribution in [0.15, 0.2) is 78.9 Å². The Morgan fingerprint density at radius 3 is 2.17 bits per heavy atom. The molecule has 3 aromatic rings. The van der Waals surface area contributed by atoms with Crippen molar-refractivity contribution in [3.63, 3.8) is 0 Å². The number of ether oxygens (including phenoxy) is 1. The second-order valence-corrected chi connectivity index (χ2v) is 8.13. The van der Waals surface area contributed by atoms with E-state index < -0.39 is 0 Å². The quantitative estimate of drug-likeness (QED) is 0.597. The molecule has 1 fully saturated rings. The molecule has 0 aromatic heterocycles. The highest BCUT2D eigenvalue weighted by molar-refractivity contribution is 5.94. The van der Waals surface area contributed by atoms with Crippen molar-refractivity contribution in [3.8, 4) is 16.9 Å². The Bertz CT molecular complexity index is 1000. The smallest absolute Gasteiger partial charge is 0.253 e. The number of piperidine rings is 1. The van der Waals surface area contributed by atoms with Gasteiger partial charge >= 0.3 is 0 Å². The summed E-state index contributed by atoms with van der Waals surface area (Å²) in [4.78, 5) is 15.0. The van der Waals surface area contributed by atoms with E-state index in [2.05, 4.69) is 30.3 Å². The van der Waals surface area contributed by atoms with Gasteiger partial charge in [0.2, 0.25) is 0 Å². The zero-order valence-corrected chi connectivity index (χ0v) is 16.5. The molecular formula is C26H25NO2. The first-order valence-corrected chi connectivity index (χ1v) is 10.4. The number of para-hydroxylation sites is 1. The first-order valence-electron chi connectivity index (χ1n) is 10.4. The van der Waals surface area contributed by atoms with Gasteiger partial charge in [-0.25, -0.2) is 0 Å². The van der Waals surface area contributed by atoms with E-state index >= 15 is 0 Å². The maximum atomic E-state index is 13.0. The highest BCUT2D eigenvalue weighted by Gasteiger charge is 2.40. The molecule has 0 unspecified atom stereocenters. The van der Waals surface area contributed by atoms with Crippen LogP contribution in [0.25, 0.3) is 11.1 Å². The molecule has 1 spiro atoms. The number of fused-ring (bicyclic) bond motifs is 1. The maximum absolute atomic E-state index is 13.0. The normalized spacial score (nSPS) is 17.4. The number of aryl methyl sites for hydroxylation is 1. The molecule has 1 amide bonds. The van der Waals surface area contributed by atoms with Gasteiger partial charge in [-0.15, -0.1) is 0 Å². The average molecular weight is 383 g/mol. The SMILES string of the molecule is O=C(c1ccc(-c2ccccc2)cc1)N1CCC2(CCc3ccccc3O2)CC1. The molecule has 0 N–H and O–H groups in total. The fourth-order valence-corrected chi connectivity index (χ4v) is 4.54. The Kier molecular flexibility index (Phi) is 4.59. The van der Waals surface area contributed by atoms with Crippen molar-refractivity contribution in [2.24, 2.45) is 0 Å². The third kappa shape index (κ3) is 3.53. The molecule has 0 aliphatic carbocycles. The number of hydrogen-bond donors (Lipinski definition) is 0. The van der Waals surface area contributed by atoms with Crippen LogP contribution in [-0.2, 0) is 6.42 Å². The first-order chi connectivity index (χ1) is 14.2. The number of benzene rings is 3. The van der Waals surface area contributed by atoms with Crippen LogP contribution in [0.5, 0.6) is 5.75 Å². The standard InChI is InChI=1S/C26H25NO2/c28-25(23-12-10-21(11-13-23)20-6-2-1-3-7-20)27-18-16-26(17-19-27)15-14-22-8-4-5-9-24(22)29-26/h1-13H,14-19H2. The van der Waals surface area contributed by atoms with Crippen molar-refractivity contribution in [1.29, 1.82) is 0 Å². The third-order valence-electron chi connectivity index (χ3n) is 6.35. The molecule has 146 valence electrons. The summed E-state index contributed by atoms with van der Waals surface area (Å²) in [5.74, 6) is 1.14. The second-order valence-electron chi connectivity index (χ2n) is 8.13. The van der Waals surface area contributed by atoms with Crippen LogP contribution >= 0.6 is 0 Å². The van der Waals surface area contributed by atoms with Gasteiger partial charge in [0.25, 0.3) is 5.91 Å². The van der Waals surface area contributed by atoms with Crippen LogP contribution in [0.1, 0.15) is 35.2 Å². The highest BCUT2D eigenvalue weighted by atomic mass is 16.5. The number of amides is 1. The zero-order valence-electron chi connectivity index (χ0n) is 16.5. The number of hydrogen-bond acceptors (Lipinski definition) is 2. The molecule has 0 radical (unpaired) electrons. The lowest BCUT2D eigenvalue weighted by molar-refractivity contribution is -0.0106. The molecule has 0 saturated carbocycles. The van der Waals surface area contributed by atoms with Gasteiger partial charge < -0.3 is 9.64 Å². The zero-order chi connectivity index (χ0) is 19.7. The number of carbonyl (C=O) groups is 1. The largest absolute Gasteiger partial charge is 0.487 e. The van der Waals surface area contributed by atoms with E-state index in [4.69, 9.17) is 4.74 Å². The summed E-state index contributed by atoms with van der Waals surface area (Å²) in [5, 5.41) is 0. The fourth-order valence-electron chi connectivity index (χ4n) is 4.54. The second kappa shape index (κ2) is 7.40. The molecule has 2 heterocycles. The van der Waals surface area contributed by atoms with E-state index in [0.717, 1.165) is 55.6 Å². The van der Waals surface area contributed by atoms with Gasteiger partial charge in [-0.3, -0.25) is 4.79 Å². The summed E-state index contributed by atoms with van der Waals surface area (Å²) < 4.78 is 6.42. The van der Waals surface area contributed by atoms with Gasteiger partial charge in [0.05, 0.1) is 0 Å². The van der Waals surface area contributed by atoms with E-state index in [9.17, 15) is 4.79 Å². The van der Waals surface area contributed by atoms with Crippen molar-refractivity contribution in [3.05, 3.63) is 90.0 Å². The lowest BCUT2D eigenvalue weighted by Crippen LogP contribution is -2.51. The lowest BCUT2D eigenvalue weighted by Gasteiger charge is -2.44. The Morgan fingerprint density at radius 2 is 1.41 bits per heavy atom. The van der Waals surface area contributed by atoms with Crippen molar-refractivity contribution in [2.45, 2.75) is 31.3 Å². The number of carbonyl (C=O) groups excluding carboxylic acids is 1. The molecule has 29 heavy (non-hydrogen) atoms. The van der Waals surface area contributed by atoms with Crippen LogP contribution < -0.4 is 4.74 Å². The van der Waals surface area contributed by atoms with Gasteiger partial charge in [-0.1, -0.05) is 60.7 Å². The van der Waals surface area contributed by atoms with Gasteiger partial charge in [-0.05, 0) is 47.7 Å². The van der Waals surface area contributed by atoms with Gasteiger partial charge in [0.15, 0.2) is 0 Å². The number of likely N-dealkylation sites (tertiary alicyclic amines) is 1. The lowest BCUT2D eigenvalue weighted by atomic mass is 9.83. The Balaban J connectivity index is 1.25. The van der Waals surface area contributed by atoms with Crippen molar-refractivity contribution < 1.29 is 9.53 Å². The van der Waals surface area contributed by atoms with Crippen LogP contribution in [0.4, 0.5) is 0 Å². The summed E-state index contributed by atoms with van der Waals surface area (Å²) in [6.45, 7) is 1.50.